The van der Waals surface area contributed by atoms with Crippen LogP contribution < -0.4 is 10.6 Å². The number of carbonyl (C=O) groups excluding carboxylic acids is 1. The van der Waals surface area contributed by atoms with Gasteiger partial charge >= 0.3 is 5.97 Å². The van der Waals surface area contributed by atoms with E-state index in [1.54, 1.807) is 24.3 Å². The number of amides is 1. The molecular formula is C16H24N2O3. The Morgan fingerprint density at radius 2 is 1.86 bits per heavy atom. The molecule has 0 spiro atoms. The van der Waals surface area contributed by atoms with E-state index in [9.17, 15) is 9.59 Å². The second-order valence-corrected chi connectivity index (χ2v) is 5.64. The number of carbonyl (C=O) groups is 2. The van der Waals surface area contributed by atoms with Crippen molar-refractivity contribution in [3.05, 3.63) is 30.3 Å². The summed E-state index contributed by atoms with van der Waals surface area (Å²) in [5, 5.41) is 9.01. The quantitative estimate of drug-likeness (QED) is 0.768. The summed E-state index contributed by atoms with van der Waals surface area (Å²) in [6, 6.07) is 8.87. The molecule has 0 bridgehead atoms. The Balaban J connectivity index is 2.83. The largest absolute Gasteiger partial charge is 0.480 e. The molecule has 0 saturated heterocycles. The molecule has 3 N–H and O–H groups in total. The fourth-order valence-corrected chi connectivity index (χ4v) is 2.35. The summed E-state index contributed by atoms with van der Waals surface area (Å²) >= 11 is 0. The van der Waals surface area contributed by atoms with Crippen molar-refractivity contribution in [1.29, 1.82) is 0 Å². The highest BCUT2D eigenvalue weighted by atomic mass is 16.4. The number of hydrogen-bond acceptors (Lipinski definition) is 3. The first-order valence-corrected chi connectivity index (χ1v) is 7.21. The average molecular weight is 292 g/mol. The first kappa shape index (κ1) is 17.2. The van der Waals surface area contributed by atoms with Gasteiger partial charge in [0, 0.05) is 12.1 Å². The number of anilines is 1. The van der Waals surface area contributed by atoms with Crippen LogP contribution in [0, 0.1) is 11.8 Å². The van der Waals surface area contributed by atoms with Crippen LogP contribution in [0.2, 0.25) is 0 Å². The second-order valence-electron chi connectivity index (χ2n) is 5.64. The number of aliphatic carboxylic acids is 1. The predicted molar refractivity (Wildman–Crippen MR) is 83.0 cm³/mol. The predicted octanol–water partition coefficient (Wildman–Crippen LogP) is 2.12. The standard InChI is InChI=1S/C16H24N2O3/c1-12(2)8-13(10-17)9-15(19)18(11-16(20)21)14-6-4-3-5-7-14/h3-7,12-13H,8-11,17H2,1-2H3,(H,20,21)/t13-/m0/s1. The summed E-state index contributed by atoms with van der Waals surface area (Å²) < 4.78 is 0. The van der Waals surface area contributed by atoms with E-state index in [-0.39, 0.29) is 24.8 Å². The molecule has 21 heavy (non-hydrogen) atoms. The van der Waals surface area contributed by atoms with Gasteiger partial charge in [0.1, 0.15) is 6.54 Å². The lowest BCUT2D eigenvalue weighted by Gasteiger charge is -2.24. The van der Waals surface area contributed by atoms with Crippen molar-refractivity contribution in [2.45, 2.75) is 26.7 Å². The molecule has 0 aliphatic heterocycles. The maximum atomic E-state index is 12.4. The van der Waals surface area contributed by atoms with Crippen LogP contribution in [-0.2, 0) is 9.59 Å². The lowest BCUT2D eigenvalue weighted by atomic mass is 9.93. The van der Waals surface area contributed by atoms with Gasteiger partial charge in [-0.3, -0.25) is 9.59 Å². The van der Waals surface area contributed by atoms with Crippen molar-refractivity contribution in [1.82, 2.24) is 0 Å². The van der Waals surface area contributed by atoms with Crippen LogP contribution in [0.5, 0.6) is 0 Å². The molecule has 1 atom stereocenters. The maximum absolute atomic E-state index is 12.4. The number of hydrogen-bond donors (Lipinski definition) is 2. The SMILES string of the molecule is CC(C)C[C@H](CN)CC(=O)N(CC(=O)O)c1ccccc1. The third kappa shape index (κ3) is 5.95. The van der Waals surface area contributed by atoms with Gasteiger partial charge < -0.3 is 15.7 Å². The van der Waals surface area contributed by atoms with Gasteiger partial charge in [-0.05, 0) is 36.9 Å². The van der Waals surface area contributed by atoms with Crippen molar-refractivity contribution in [2.24, 2.45) is 17.6 Å². The highest BCUT2D eigenvalue weighted by Crippen LogP contribution is 2.19. The Labute approximate surface area is 125 Å². The molecule has 116 valence electrons. The van der Waals surface area contributed by atoms with Crippen LogP contribution in [0.15, 0.2) is 30.3 Å². The van der Waals surface area contributed by atoms with E-state index in [1.165, 1.54) is 4.90 Å². The number of nitrogens with zero attached hydrogens (tertiary/aromatic N) is 1. The monoisotopic (exact) mass is 292 g/mol. The van der Waals surface area contributed by atoms with E-state index in [0.29, 0.717) is 18.2 Å². The van der Waals surface area contributed by atoms with Crippen molar-refractivity contribution >= 4 is 17.6 Å². The van der Waals surface area contributed by atoms with E-state index >= 15 is 0 Å². The number of carboxylic acid groups (broad SMARTS) is 1. The van der Waals surface area contributed by atoms with Gasteiger partial charge in [-0.15, -0.1) is 0 Å². The lowest BCUT2D eigenvalue weighted by molar-refractivity contribution is -0.136. The third-order valence-corrected chi connectivity index (χ3v) is 3.26. The number of benzene rings is 1. The molecule has 0 aliphatic rings. The van der Waals surface area contributed by atoms with E-state index in [1.807, 2.05) is 6.07 Å². The third-order valence-electron chi connectivity index (χ3n) is 3.26. The van der Waals surface area contributed by atoms with Crippen LogP contribution >= 0.6 is 0 Å². The van der Waals surface area contributed by atoms with E-state index < -0.39 is 5.97 Å². The molecule has 0 heterocycles. The van der Waals surface area contributed by atoms with Crippen LogP contribution in [0.25, 0.3) is 0 Å². The molecule has 0 fully saturated rings. The lowest BCUT2D eigenvalue weighted by Crippen LogP contribution is -2.37. The smallest absolute Gasteiger partial charge is 0.323 e. The van der Waals surface area contributed by atoms with Gasteiger partial charge in [-0.1, -0.05) is 32.0 Å². The Kier molecular flexibility index (Phi) is 6.88. The molecule has 1 rings (SSSR count). The van der Waals surface area contributed by atoms with Gasteiger partial charge in [-0.25, -0.2) is 0 Å². The summed E-state index contributed by atoms with van der Waals surface area (Å²) in [4.78, 5) is 24.7. The van der Waals surface area contributed by atoms with Crippen LogP contribution in [0.3, 0.4) is 0 Å². The van der Waals surface area contributed by atoms with Crippen molar-refractivity contribution < 1.29 is 14.7 Å². The molecule has 0 saturated carbocycles. The van der Waals surface area contributed by atoms with Crippen LogP contribution in [0.1, 0.15) is 26.7 Å². The van der Waals surface area contributed by atoms with Crippen molar-refractivity contribution in [2.75, 3.05) is 18.0 Å². The minimum atomic E-state index is -1.03. The maximum Gasteiger partial charge on any atom is 0.323 e. The summed E-state index contributed by atoms with van der Waals surface area (Å²) in [7, 11) is 0. The summed E-state index contributed by atoms with van der Waals surface area (Å²) in [6.45, 7) is 4.26. The molecule has 1 amide bonds. The molecule has 0 unspecified atom stereocenters. The van der Waals surface area contributed by atoms with E-state index in [2.05, 4.69) is 13.8 Å². The highest BCUT2D eigenvalue weighted by Gasteiger charge is 2.22. The number of rotatable bonds is 8. The van der Waals surface area contributed by atoms with Crippen molar-refractivity contribution in [3.8, 4) is 0 Å². The minimum absolute atomic E-state index is 0.0810. The zero-order valence-electron chi connectivity index (χ0n) is 12.7. The number of nitrogens with two attached hydrogens (primary N) is 1. The molecule has 5 nitrogen and oxygen atoms in total. The second kappa shape index (κ2) is 8.42. The molecular weight excluding hydrogens is 268 g/mol. The average Bonchev–Trinajstić information content (AvgIpc) is 2.44. The summed E-state index contributed by atoms with van der Waals surface area (Å²) in [5.74, 6) is -0.687. The van der Waals surface area contributed by atoms with Crippen molar-refractivity contribution in [3.63, 3.8) is 0 Å². The van der Waals surface area contributed by atoms with E-state index in [4.69, 9.17) is 10.8 Å². The van der Waals surface area contributed by atoms with Crippen LogP contribution in [0.4, 0.5) is 5.69 Å². The van der Waals surface area contributed by atoms with Gasteiger partial charge in [0.05, 0.1) is 0 Å². The molecule has 1 aromatic carbocycles. The van der Waals surface area contributed by atoms with Gasteiger partial charge in [0.15, 0.2) is 0 Å². The molecule has 5 heteroatoms. The Morgan fingerprint density at radius 1 is 1.24 bits per heavy atom. The first-order valence-electron chi connectivity index (χ1n) is 7.21. The number of para-hydroxylation sites is 1. The number of carboxylic acids is 1. The first-order chi connectivity index (χ1) is 9.93. The fourth-order valence-electron chi connectivity index (χ4n) is 2.35. The Bertz CT molecular complexity index is 460. The van der Waals surface area contributed by atoms with Gasteiger partial charge in [0.2, 0.25) is 5.91 Å². The molecule has 0 aromatic heterocycles. The van der Waals surface area contributed by atoms with Gasteiger partial charge in [-0.2, -0.15) is 0 Å². The fraction of sp³-hybridized carbons (Fsp3) is 0.500. The topological polar surface area (TPSA) is 83.6 Å². The zero-order chi connectivity index (χ0) is 15.8. The highest BCUT2D eigenvalue weighted by molar-refractivity contribution is 5.97. The van der Waals surface area contributed by atoms with Crippen LogP contribution in [-0.4, -0.2) is 30.1 Å². The Morgan fingerprint density at radius 3 is 2.33 bits per heavy atom. The molecule has 1 aromatic rings. The van der Waals surface area contributed by atoms with Gasteiger partial charge in [0.25, 0.3) is 0 Å². The summed E-state index contributed by atoms with van der Waals surface area (Å²) in [6.07, 6.45) is 1.13. The zero-order valence-corrected chi connectivity index (χ0v) is 12.7. The summed E-state index contributed by atoms with van der Waals surface area (Å²) in [5.41, 5.74) is 6.32. The minimum Gasteiger partial charge on any atom is -0.480 e. The Hall–Kier alpha value is -1.88. The van der Waals surface area contributed by atoms with E-state index in [0.717, 1.165) is 6.42 Å². The molecule has 0 aliphatic carbocycles. The molecule has 0 radical (unpaired) electrons. The normalized spacial score (nSPS) is 12.2.